The van der Waals surface area contributed by atoms with Crippen LogP contribution < -0.4 is 10.1 Å². The number of sulfonamides is 1. The number of hydrogen-bond acceptors (Lipinski definition) is 5. The van der Waals surface area contributed by atoms with Crippen molar-refractivity contribution in [2.75, 3.05) is 25.0 Å². The van der Waals surface area contributed by atoms with E-state index >= 15 is 0 Å². The van der Waals surface area contributed by atoms with Gasteiger partial charge in [-0.05, 0) is 43.2 Å². The maximum Gasteiger partial charge on any atom is 0.422 e. The first-order chi connectivity index (χ1) is 14.2. The SMILES string of the molecule is O=C(Nc1cccc(S(=O)(=O)N2CCCCC2)c1)c1cccnc1OCC(F)(F)F. The summed E-state index contributed by atoms with van der Waals surface area (Å²) in [6, 6.07) is 8.36. The van der Waals surface area contributed by atoms with Crippen molar-refractivity contribution in [3.05, 3.63) is 48.2 Å². The molecule has 1 amide bonds. The van der Waals surface area contributed by atoms with Crippen molar-refractivity contribution in [3.63, 3.8) is 0 Å². The average molecular weight is 443 g/mol. The molecule has 162 valence electrons. The first-order valence-corrected chi connectivity index (χ1v) is 10.7. The lowest BCUT2D eigenvalue weighted by atomic mass is 10.2. The van der Waals surface area contributed by atoms with Gasteiger partial charge in [0.2, 0.25) is 15.9 Å². The Morgan fingerprint density at radius 3 is 2.57 bits per heavy atom. The molecule has 0 spiro atoms. The van der Waals surface area contributed by atoms with Crippen molar-refractivity contribution >= 4 is 21.6 Å². The van der Waals surface area contributed by atoms with E-state index < -0.39 is 34.6 Å². The number of alkyl halides is 3. The highest BCUT2D eigenvalue weighted by Gasteiger charge is 2.30. The van der Waals surface area contributed by atoms with Crippen LogP contribution in [0.2, 0.25) is 0 Å². The van der Waals surface area contributed by atoms with Crippen molar-refractivity contribution in [2.45, 2.75) is 30.3 Å². The highest BCUT2D eigenvalue weighted by Crippen LogP contribution is 2.24. The Bertz CT molecular complexity index is 1010. The van der Waals surface area contributed by atoms with Crippen LogP contribution in [0.3, 0.4) is 0 Å². The van der Waals surface area contributed by atoms with Crippen LogP contribution in [0.1, 0.15) is 29.6 Å². The van der Waals surface area contributed by atoms with Crippen LogP contribution in [0, 0.1) is 0 Å². The van der Waals surface area contributed by atoms with Gasteiger partial charge < -0.3 is 10.1 Å². The average Bonchev–Trinajstić information content (AvgIpc) is 2.73. The predicted octanol–water partition coefficient (Wildman–Crippen LogP) is 3.45. The first-order valence-electron chi connectivity index (χ1n) is 9.23. The molecule has 11 heteroatoms. The zero-order valence-corrected chi connectivity index (χ0v) is 16.7. The molecule has 0 bridgehead atoms. The van der Waals surface area contributed by atoms with E-state index in [9.17, 15) is 26.4 Å². The van der Waals surface area contributed by atoms with Gasteiger partial charge in [-0.15, -0.1) is 0 Å². The number of rotatable bonds is 6. The Kier molecular flexibility index (Phi) is 6.61. The van der Waals surface area contributed by atoms with Crippen molar-refractivity contribution in [3.8, 4) is 5.88 Å². The minimum atomic E-state index is -4.58. The highest BCUT2D eigenvalue weighted by atomic mass is 32.2. The van der Waals surface area contributed by atoms with E-state index in [4.69, 9.17) is 0 Å². The van der Waals surface area contributed by atoms with Gasteiger partial charge in [-0.1, -0.05) is 12.5 Å². The summed E-state index contributed by atoms with van der Waals surface area (Å²) in [5.41, 5.74) is -0.0188. The fourth-order valence-corrected chi connectivity index (χ4v) is 4.58. The number of carbonyl (C=O) groups excluding carboxylic acids is 1. The van der Waals surface area contributed by atoms with Gasteiger partial charge in [0.25, 0.3) is 5.91 Å². The maximum atomic E-state index is 12.8. The van der Waals surface area contributed by atoms with Crippen LogP contribution >= 0.6 is 0 Å². The molecule has 0 aliphatic carbocycles. The summed E-state index contributed by atoms with van der Waals surface area (Å²) >= 11 is 0. The monoisotopic (exact) mass is 443 g/mol. The summed E-state index contributed by atoms with van der Waals surface area (Å²) in [6.45, 7) is -0.711. The zero-order chi connectivity index (χ0) is 21.8. The van der Waals surface area contributed by atoms with Crippen molar-refractivity contribution in [1.82, 2.24) is 9.29 Å². The van der Waals surface area contributed by atoms with Gasteiger partial charge in [0.1, 0.15) is 5.56 Å². The predicted molar refractivity (Wildman–Crippen MR) is 103 cm³/mol. The number of benzene rings is 1. The maximum absolute atomic E-state index is 12.8. The minimum Gasteiger partial charge on any atom is -0.467 e. The highest BCUT2D eigenvalue weighted by molar-refractivity contribution is 7.89. The fourth-order valence-electron chi connectivity index (χ4n) is 3.02. The topological polar surface area (TPSA) is 88.6 Å². The molecular weight excluding hydrogens is 423 g/mol. The Morgan fingerprint density at radius 1 is 1.13 bits per heavy atom. The molecule has 1 fully saturated rings. The lowest BCUT2D eigenvalue weighted by Gasteiger charge is -2.26. The van der Waals surface area contributed by atoms with Crippen LogP contribution in [0.4, 0.5) is 18.9 Å². The van der Waals surface area contributed by atoms with Gasteiger partial charge in [0.15, 0.2) is 6.61 Å². The van der Waals surface area contributed by atoms with Gasteiger partial charge in [-0.25, -0.2) is 13.4 Å². The number of amides is 1. The fraction of sp³-hybridized carbons (Fsp3) is 0.368. The molecule has 3 rings (SSSR count). The normalized spacial score (nSPS) is 15.6. The van der Waals surface area contributed by atoms with Crippen LogP contribution in [0.25, 0.3) is 0 Å². The van der Waals surface area contributed by atoms with Crippen LogP contribution in [-0.2, 0) is 10.0 Å². The first kappa shape index (κ1) is 22.0. The standard InChI is InChI=1S/C19H20F3N3O4S/c20-19(21,22)13-29-18-16(8-5-9-23-18)17(26)24-14-6-4-7-15(12-14)30(27,28)25-10-2-1-3-11-25/h4-9,12H,1-3,10-11,13H2,(H,24,26). The summed E-state index contributed by atoms with van der Waals surface area (Å²) in [5.74, 6) is -1.24. The minimum absolute atomic E-state index is 0.0296. The molecule has 0 atom stereocenters. The second kappa shape index (κ2) is 9.00. The lowest BCUT2D eigenvalue weighted by Crippen LogP contribution is -2.35. The zero-order valence-electron chi connectivity index (χ0n) is 15.9. The number of pyridine rings is 1. The number of aromatic nitrogens is 1. The van der Waals surface area contributed by atoms with Crippen molar-refractivity contribution in [2.24, 2.45) is 0 Å². The van der Waals surface area contributed by atoms with Gasteiger partial charge in [0.05, 0.1) is 4.90 Å². The van der Waals surface area contributed by atoms with Gasteiger partial charge in [0, 0.05) is 25.0 Å². The van der Waals surface area contributed by atoms with E-state index in [1.54, 1.807) is 0 Å². The summed E-state index contributed by atoms with van der Waals surface area (Å²) < 4.78 is 68.9. The molecule has 0 radical (unpaired) electrons. The van der Waals surface area contributed by atoms with Crippen molar-refractivity contribution in [1.29, 1.82) is 0 Å². The Morgan fingerprint density at radius 2 is 1.87 bits per heavy atom. The summed E-state index contributed by atoms with van der Waals surface area (Å²) in [5, 5.41) is 2.49. The van der Waals surface area contributed by atoms with Crippen LogP contribution in [0.15, 0.2) is 47.5 Å². The number of carbonyl (C=O) groups is 1. The molecule has 1 aliphatic heterocycles. The Balaban J connectivity index is 1.78. The third-order valence-corrected chi connectivity index (χ3v) is 6.33. The second-order valence-electron chi connectivity index (χ2n) is 6.71. The van der Waals surface area contributed by atoms with E-state index in [1.165, 1.54) is 46.9 Å². The molecule has 1 aliphatic rings. The number of piperidine rings is 1. The summed E-state index contributed by atoms with van der Waals surface area (Å²) in [6.07, 6.45) is -0.822. The van der Waals surface area contributed by atoms with Gasteiger partial charge in [-0.2, -0.15) is 17.5 Å². The number of ether oxygens (including phenoxy) is 1. The quantitative estimate of drug-likeness (QED) is 0.739. The molecule has 1 saturated heterocycles. The van der Waals surface area contributed by atoms with Gasteiger partial charge in [-0.3, -0.25) is 4.79 Å². The molecule has 2 aromatic rings. The summed E-state index contributed by atoms with van der Waals surface area (Å²) in [4.78, 5) is 16.3. The van der Waals surface area contributed by atoms with E-state index in [-0.39, 0.29) is 16.1 Å². The van der Waals surface area contributed by atoms with E-state index in [0.717, 1.165) is 19.3 Å². The van der Waals surface area contributed by atoms with Gasteiger partial charge >= 0.3 is 6.18 Å². The molecule has 1 aromatic carbocycles. The number of hydrogen-bond donors (Lipinski definition) is 1. The van der Waals surface area contributed by atoms with Crippen LogP contribution in [-0.4, -0.2) is 49.5 Å². The molecule has 0 saturated carbocycles. The van der Waals surface area contributed by atoms with Crippen molar-refractivity contribution < 1.29 is 31.1 Å². The molecule has 30 heavy (non-hydrogen) atoms. The lowest BCUT2D eigenvalue weighted by molar-refractivity contribution is -0.154. The van der Waals surface area contributed by atoms with E-state index in [0.29, 0.717) is 13.1 Å². The molecule has 2 heterocycles. The summed E-state index contributed by atoms with van der Waals surface area (Å²) in [7, 11) is -3.70. The molecule has 7 nitrogen and oxygen atoms in total. The number of nitrogens with zero attached hydrogens (tertiary/aromatic N) is 2. The number of halogens is 3. The van der Waals surface area contributed by atoms with Crippen LogP contribution in [0.5, 0.6) is 5.88 Å². The molecule has 1 aromatic heterocycles. The third-order valence-electron chi connectivity index (χ3n) is 4.43. The van der Waals surface area contributed by atoms with E-state index in [2.05, 4.69) is 15.0 Å². The smallest absolute Gasteiger partial charge is 0.422 e. The third kappa shape index (κ3) is 5.48. The molecular formula is C19H20F3N3O4S. The second-order valence-corrected chi connectivity index (χ2v) is 8.64. The molecule has 0 unspecified atom stereocenters. The van der Waals surface area contributed by atoms with E-state index in [1.807, 2.05) is 0 Å². The number of nitrogens with one attached hydrogen (secondary N) is 1. The largest absolute Gasteiger partial charge is 0.467 e. The Hall–Kier alpha value is -2.66. The molecule has 1 N–H and O–H groups in total. The Labute approximate surface area is 171 Å². The number of anilines is 1.